The molecule has 2 N–H and O–H groups in total. The number of carboxylic acids is 1. The second-order valence-corrected chi connectivity index (χ2v) is 5.70. The van der Waals surface area contributed by atoms with Gasteiger partial charge in [-0.2, -0.15) is 0 Å². The van der Waals surface area contributed by atoms with Crippen molar-refractivity contribution >= 4 is 28.9 Å². The van der Waals surface area contributed by atoms with Crippen LogP contribution in [0.3, 0.4) is 0 Å². The highest BCUT2D eigenvalue weighted by atomic mass is 35.5. The minimum absolute atomic E-state index is 0.161. The third kappa shape index (κ3) is 3.80. The van der Waals surface area contributed by atoms with Crippen LogP contribution in [0.2, 0.25) is 5.02 Å². The van der Waals surface area contributed by atoms with Gasteiger partial charge in [-0.25, -0.2) is 4.79 Å². The van der Waals surface area contributed by atoms with Crippen molar-refractivity contribution < 1.29 is 9.90 Å². The Hall–Kier alpha value is -1.36. The summed E-state index contributed by atoms with van der Waals surface area (Å²) in [7, 11) is 0. The van der Waals surface area contributed by atoms with E-state index in [2.05, 4.69) is 12.2 Å². The average molecular weight is 296 g/mol. The summed E-state index contributed by atoms with van der Waals surface area (Å²) < 4.78 is 0. The van der Waals surface area contributed by atoms with Crippen molar-refractivity contribution in [3.63, 3.8) is 0 Å². The van der Waals surface area contributed by atoms with Crippen LogP contribution in [0.4, 0.5) is 0 Å². The molecule has 0 aliphatic carbocycles. The van der Waals surface area contributed by atoms with Crippen LogP contribution in [0, 0.1) is 0 Å². The van der Waals surface area contributed by atoms with Crippen molar-refractivity contribution in [2.24, 2.45) is 0 Å². The van der Waals surface area contributed by atoms with Gasteiger partial charge in [-0.3, -0.25) is 0 Å². The molecule has 2 rings (SSSR count). The van der Waals surface area contributed by atoms with E-state index in [1.807, 2.05) is 24.3 Å². The van der Waals surface area contributed by atoms with Gasteiger partial charge in [0, 0.05) is 27.9 Å². The van der Waals surface area contributed by atoms with Crippen molar-refractivity contribution in [2.45, 2.75) is 19.5 Å². The topological polar surface area (TPSA) is 49.3 Å². The Morgan fingerprint density at radius 3 is 2.89 bits per heavy atom. The van der Waals surface area contributed by atoms with Gasteiger partial charge >= 0.3 is 5.97 Å². The van der Waals surface area contributed by atoms with Gasteiger partial charge < -0.3 is 10.4 Å². The third-order valence-corrected chi connectivity index (χ3v) is 4.00. The predicted octanol–water partition coefficient (Wildman–Crippen LogP) is 3.95. The molecule has 0 bridgehead atoms. The zero-order chi connectivity index (χ0) is 13.8. The second kappa shape index (κ2) is 6.19. The molecular weight excluding hydrogens is 282 g/mol. The summed E-state index contributed by atoms with van der Waals surface area (Å²) in [6.45, 7) is 2.70. The number of carbonyl (C=O) groups is 1. The van der Waals surface area contributed by atoms with Gasteiger partial charge in [0.15, 0.2) is 0 Å². The molecule has 1 heterocycles. The van der Waals surface area contributed by atoms with Crippen LogP contribution in [0.25, 0.3) is 0 Å². The highest BCUT2D eigenvalue weighted by Crippen LogP contribution is 2.19. The Balaban J connectivity index is 1.96. The fraction of sp³-hybridized carbons (Fsp3) is 0.214. The maximum atomic E-state index is 10.8. The van der Waals surface area contributed by atoms with E-state index >= 15 is 0 Å². The Labute approximate surface area is 120 Å². The van der Waals surface area contributed by atoms with Gasteiger partial charge in [0.2, 0.25) is 0 Å². The molecule has 0 spiro atoms. The fourth-order valence-corrected chi connectivity index (χ4v) is 2.74. The van der Waals surface area contributed by atoms with E-state index in [1.165, 1.54) is 11.3 Å². The molecule has 1 aromatic carbocycles. The van der Waals surface area contributed by atoms with Crippen LogP contribution >= 0.6 is 22.9 Å². The molecule has 2 aromatic rings. The van der Waals surface area contributed by atoms with Crippen molar-refractivity contribution in [3.8, 4) is 0 Å². The summed E-state index contributed by atoms with van der Waals surface area (Å²) in [5, 5.41) is 14.6. The monoisotopic (exact) mass is 295 g/mol. The van der Waals surface area contributed by atoms with Crippen LogP contribution in [-0.2, 0) is 6.54 Å². The summed E-state index contributed by atoms with van der Waals surface area (Å²) >= 11 is 7.40. The lowest BCUT2D eigenvalue weighted by Gasteiger charge is -2.13. The van der Waals surface area contributed by atoms with E-state index in [9.17, 15) is 4.79 Å². The fourth-order valence-electron chi connectivity index (χ4n) is 1.73. The van der Waals surface area contributed by atoms with Crippen LogP contribution in [0.1, 0.15) is 33.8 Å². The van der Waals surface area contributed by atoms with Crippen molar-refractivity contribution in [2.75, 3.05) is 0 Å². The summed E-state index contributed by atoms with van der Waals surface area (Å²) in [5.74, 6) is -0.884. The normalized spacial score (nSPS) is 12.3. The van der Waals surface area contributed by atoms with Gasteiger partial charge in [-0.1, -0.05) is 23.7 Å². The SMILES string of the molecule is C[C@H](NCc1cc(C(=O)O)cs1)c1cccc(Cl)c1. The number of aromatic carboxylic acids is 1. The van der Waals surface area contributed by atoms with E-state index in [-0.39, 0.29) is 6.04 Å². The van der Waals surface area contributed by atoms with Crippen molar-refractivity contribution in [3.05, 3.63) is 56.7 Å². The number of hydrogen-bond acceptors (Lipinski definition) is 3. The average Bonchev–Trinajstić information content (AvgIpc) is 2.85. The first-order valence-electron chi connectivity index (χ1n) is 5.86. The largest absolute Gasteiger partial charge is 0.478 e. The Kier molecular flexibility index (Phi) is 4.58. The standard InChI is InChI=1S/C14H14ClNO2S/c1-9(10-3-2-4-12(15)5-10)16-7-13-6-11(8-19-13)14(17)18/h2-6,8-9,16H,7H2,1H3,(H,17,18)/t9-/m0/s1. The van der Waals surface area contributed by atoms with E-state index in [1.54, 1.807) is 11.4 Å². The third-order valence-electron chi connectivity index (χ3n) is 2.83. The Bertz CT molecular complexity index is 582. The number of carboxylic acid groups (broad SMARTS) is 1. The highest BCUT2D eigenvalue weighted by Gasteiger charge is 2.09. The van der Waals surface area contributed by atoms with Gasteiger partial charge in [-0.15, -0.1) is 11.3 Å². The van der Waals surface area contributed by atoms with Gasteiger partial charge in [0.25, 0.3) is 0 Å². The minimum Gasteiger partial charge on any atom is -0.478 e. The summed E-state index contributed by atoms with van der Waals surface area (Å²) in [5.41, 5.74) is 1.46. The summed E-state index contributed by atoms with van der Waals surface area (Å²) in [4.78, 5) is 11.8. The van der Waals surface area contributed by atoms with E-state index in [0.29, 0.717) is 12.1 Å². The molecule has 0 aliphatic rings. The van der Waals surface area contributed by atoms with Gasteiger partial charge in [-0.05, 0) is 30.7 Å². The van der Waals surface area contributed by atoms with Gasteiger partial charge in [0.1, 0.15) is 0 Å². The number of hydrogen-bond donors (Lipinski definition) is 2. The molecule has 3 nitrogen and oxygen atoms in total. The zero-order valence-electron chi connectivity index (χ0n) is 10.4. The number of nitrogens with one attached hydrogen (secondary N) is 1. The van der Waals surface area contributed by atoms with Crippen molar-refractivity contribution in [1.29, 1.82) is 0 Å². The molecule has 0 amide bonds. The second-order valence-electron chi connectivity index (χ2n) is 4.26. The lowest BCUT2D eigenvalue weighted by atomic mass is 10.1. The molecule has 0 unspecified atom stereocenters. The maximum Gasteiger partial charge on any atom is 0.336 e. The molecule has 0 saturated heterocycles. The van der Waals surface area contributed by atoms with Crippen LogP contribution in [-0.4, -0.2) is 11.1 Å². The summed E-state index contributed by atoms with van der Waals surface area (Å²) in [6, 6.07) is 9.57. The maximum absolute atomic E-state index is 10.8. The Morgan fingerprint density at radius 2 is 2.26 bits per heavy atom. The summed E-state index contributed by atoms with van der Waals surface area (Å²) in [6.07, 6.45) is 0. The lowest BCUT2D eigenvalue weighted by Crippen LogP contribution is -2.17. The molecule has 0 aliphatic heterocycles. The smallest absolute Gasteiger partial charge is 0.336 e. The number of halogens is 1. The van der Waals surface area contributed by atoms with Crippen LogP contribution in [0.15, 0.2) is 35.7 Å². The molecule has 1 atom stereocenters. The molecule has 5 heteroatoms. The van der Waals surface area contributed by atoms with Crippen molar-refractivity contribution in [1.82, 2.24) is 5.32 Å². The van der Waals surface area contributed by atoms with E-state index < -0.39 is 5.97 Å². The first kappa shape index (κ1) is 14.1. The number of thiophene rings is 1. The molecule has 0 radical (unpaired) electrons. The zero-order valence-corrected chi connectivity index (χ0v) is 12.0. The number of rotatable bonds is 5. The predicted molar refractivity (Wildman–Crippen MR) is 78.0 cm³/mol. The minimum atomic E-state index is -0.884. The molecule has 0 saturated carbocycles. The lowest BCUT2D eigenvalue weighted by molar-refractivity contribution is 0.0697. The highest BCUT2D eigenvalue weighted by molar-refractivity contribution is 7.10. The Morgan fingerprint density at radius 1 is 1.47 bits per heavy atom. The molecule has 0 fully saturated rings. The number of benzene rings is 1. The van der Waals surface area contributed by atoms with Crippen LogP contribution < -0.4 is 5.32 Å². The first-order valence-corrected chi connectivity index (χ1v) is 7.11. The van der Waals surface area contributed by atoms with E-state index in [4.69, 9.17) is 16.7 Å². The van der Waals surface area contributed by atoms with Crippen LogP contribution in [0.5, 0.6) is 0 Å². The molecular formula is C14H14ClNO2S. The quantitative estimate of drug-likeness (QED) is 0.878. The molecule has 19 heavy (non-hydrogen) atoms. The van der Waals surface area contributed by atoms with E-state index in [0.717, 1.165) is 15.5 Å². The molecule has 100 valence electrons. The first-order chi connectivity index (χ1) is 9.06. The molecule has 1 aromatic heterocycles. The van der Waals surface area contributed by atoms with Gasteiger partial charge in [0.05, 0.1) is 5.56 Å².